The van der Waals surface area contributed by atoms with E-state index in [9.17, 15) is 25.2 Å². The number of aliphatic hydroxyl groups is 4. The molecule has 9 heteroatoms. The van der Waals surface area contributed by atoms with E-state index < -0.39 is 43.4 Å². The Morgan fingerprint density at radius 2 is 1.02 bits per heavy atom. The van der Waals surface area contributed by atoms with Gasteiger partial charge in [-0.3, -0.25) is 4.79 Å². The van der Waals surface area contributed by atoms with Crippen LogP contribution in [0.15, 0.2) is 48.6 Å². The van der Waals surface area contributed by atoms with Crippen molar-refractivity contribution in [3.63, 3.8) is 0 Å². The van der Waals surface area contributed by atoms with E-state index in [1.807, 2.05) is 0 Å². The number of carbonyl (C=O) groups is 1. The number of hydrogen-bond acceptors (Lipinski definition) is 9. The van der Waals surface area contributed by atoms with Crippen molar-refractivity contribution >= 4 is 5.97 Å². The number of unbranched alkanes of at least 4 members (excludes halogenated alkanes) is 21. The van der Waals surface area contributed by atoms with Gasteiger partial charge in [0.15, 0.2) is 6.29 Å². The number of aliphatic hydroxyl groups excluding tert-OH is 4. The lowest BCUT2D eigenvalue weighted by Gasteiger charge is -2.39. The predicted octanol–water partition coefficient (Wildman–Crippen LogP) is 10.9. The molecule has 0 spiro atoms. The molecule has 0 amide bonds. The second-order valence-corrected chi connectivity index (χ2v) is 16.2. The van der Waals surface area contributed by atoms with Crippen molar-refractivity contribution in [2.75, 3.05) is 26.4 Å². The minimum Gasteiger partial charge on any atom is -0.457 e. The van der Waals surface area contributed by atoms with Crippen molar-refractivity contribution in [2.24, 2.45) is 0 Å². The Bertz CT molecular complexity index is 1030. The van der Waals surface area contributed by atoms with Gasteiger partial charge < -0.3 is 39.4 Å². The molecule has 1 rings (SSSR count). The van der Waals surface area contributed by atoms with Crippen LogP contribution < -0.4 is 0 Å². The molecule has 1 saturated heterocycles. The molecule has 6 unspecified atom stereocenters. The van der Waals surface area contributed by atoms with Crippen LogP contribution in [0.5, 0.6) is 0 Å². The van der Waals surface area contributed by atoms with Gasteiger partial charge in [0.2, 0.25) is 0 Å². The third-order valence-corrected chi connectivity index (χ3v) is 10.7. The fourth-order valence-corrected chi connectivity index (χ4v) is 6.95. The van der Waals surface area contributed by atoms with Gasteiger partial charge in [0, 0.05) is 13.0 Å². The number of carbonyl (C=O) groups excluding carboxylic acids is 1. The molecule has 58 heavy (non-hydrogen) atoms. The van der Waals surface area contributed by atoms with Gasteiger partial charge in [0.25, 0.3) is 0 Å². The van der Waals surface area contributed by atoms with Crippen molar-refractivity contribution in [1.29, 1.82) is 0 Å². The minimum absolute atomic E-state index is 0.120. The highest BCUT2D eigenvalue weighted by molar-refractivity contribution is 5.69. The first-order chi connectivity index (χ1) is 28.4. The van der Waals surface area contributed by atoms with Crippen LogP contribution in [0.2, 0.25) is 0 Å². The first-order valence-corrected chi connectivity index (χ1v) is 23.7. The topological polar surface area (TPSA) is 135 Å². The molecule has 1 heterocycles. The van der Waals surface area contributed by atoms with Gasteiger partial charge in [-0.1, -0.05) is 165 Å². The second-order valence-electron chi connectivity index (χ2n) is 16.2. The number of esters is 1. The summed E-state index contributed by atoms with van der Waals surface area (Å²) in [5, 5.41) is 40.1. The zero-order valence-corrected chi connectivity index (χ0v) is 37.0. The Balaban J connectivity index is 2.19. The third kappa shape index (κ3) is 31.1. The van der Waals surface area contributed by atoms with Crippen LogP contribution in [0.4, 0.5) is 0 Å². The van der Waals surface area contributed by atoms with Gasteiger partial charge in [-0.25, -0.2) is 0 Å². The zero-order valence-electron chi connectivity index (χ0n) is 37.0. The van der Waals surface area contributed by atoms with Crippen molar-refractivity contribution in [3.8, 4) is 0 Å². The van der Waals surface area contributed by atoms with Crippen molar-refractivity contribution in [2.45, 2.75) is 230 Å². The molecule has 1 fully saturated rings. The van der Waals surface area contributed by atoms with E-state index in [1.54, 1.807) is 0 Å². The fraction of sp³-hybridized carbons (Fsp3) is 0.816. The summed E-state index contributed by atoms with van der Waals surface area (Å²) in [4.78, 5) is 12.7. The summed E-state index contributed by atoms with van der Waals surface area (Å²) in [6.45, 7) is 4.48. The normalized spacial score (nSPS) is 20.7. The summed E-state index contributed by atoms with van der Waals surface area (Å²) in [5.74, 6) is -0.327. The van der Waals surface area contributed by atoms with Gasteiger partial charge >= 0.3 is 5.97 Å². The van der Waals surface area contributed by atoms with E-state index in [0.717, 1.165) is 70.6 Å². The maximum Gasteiger partial charge on any atom is 0.306 e. The van der Waals surface area contributed by atoms with Crippen LogP contribution in [0.1, 0.15) is 194 Å². The highest BCUT2D eigenvalue weighted by atomic mass is 16.7. The van der Waals surface area contributed by atoms with Crippen LogP contribution in [-0.2, 0) is 23.7 Å². The lowest BCUT2D eigenvalue weighted by molar-refractivity contribution is -0.305. The van der Waals surface area contributed by atoms with Crippen LogP contribution in [0.25, 0.3) is 0 Å². The molecule has 0 radical (unpaired) electrons. The monoisotopic (exact) mass is 821 g/mol. The molecule has 6 atom stereocenters. The highest BCUT2D eigenvalue weighted by Gasteiger charge is 2.44. The molecule has 0 aliphatic carbocycles. The summed E-state index contributed by atoms with van der Waals surface area (Å²) >= 11 is 0. The Morgan fingerprint density at radius 1 is 0.552 bits per heavy atom. The van der Waals surface area contributed by atoms with Gasteiger partial charge in [-0.2, -0.15) is 0 Å². The van der Waals surface area contributed by atoms with E-state index in [0.29, 0.717) is 13.0 Å². The zero-order chi connectivity index (χ0) is 42.2. The van der Waals surface area contributed by atoms with Gasteiger partial charge in [-0.05, 0) is 70.6 Å². The third-order valence-electron chi connectivity index (χ3n) is 10.7. The summed E-state index contributed by atoms with van der Waals surface area (Å²) in [6, 6.07) is 0. The number of ether oxygens (including phenoxy) is 4. The Kier molecular flexibility index (Phi) is 37.9. The molecule has 0 aromatic heterocycles. The van der Waals surface area contributed by atoms with E-state index in [-0.39, 0.29) is 19.2 Å². The predicted molar refractivity (Wildman–Crippen MR) is 238 cm³/mol. The second kappa shape index (κ2) is 40.6. The maximum atomic E-state index is 12.7. The summed E-state index contributed by atoms with van der Waals surface area (Å²) in [7, 11) is 0. The maximum absolute atomic E-state index is 12.7. The molecule has 0 saturated carbocycles. The van der Waals surface area contributed by atoms with Crippen LogP contribution in [-0.4, -0.2) is 89.6 Å². The lowest BCUT2D eigenvalue weighted by Crippen LogP contribution is -2.59. The fourth-order valence-electron chi connectivity index (χ4n) is 6.95. The van der Waals surface area contributed by atoms with Crippen molar-refractivity contribution in [3.05, 3.63) is 48.6 Å². The summed E-state index contributed by atoms with van der Waals surface area (Å²) in [5.41, 5.74) is 0. The Labute approximate surface area is 354 Å². The molecule has 0 bridgehead atoms. The van der Waals surface area contributed by atoms with Gasteiger partial charge in [-0.15, -0.1) is 0 Å². The van der Waals surface area contributed by atoms with Crippen LogP contribution >= 0.6 is 0 Å². The molecule has 1 aliphatic heterocycles. The Hall–Kier alpha value is -1.85. The standard InChI is InChI=1S/C49H88O9/c1-3-5-7-9-11-13-15-16-17-18-19-20-21-22-23-24-25-26-27-29-31-33-35-37-39-55-41-43(42-56-49-48(54)47(53)46(52)44(40-50)58-49)57-45(51)38-36-34-32-30-28-14-12-10-8-6-4-2/h10,12,15-16,18-19,21-22,43-44,46-50,52-54H,3-9,11,13-14,17,20,23-42H2,1-2H3/b12-10-,16-15-,19-18-,22-21-. The lowest BCUT2D eigenvalue weighted by atomic mass is 9.99. The summed E-state index contributed by atoms with van der Waals surface area (Å²) < 4.78 is 22.8. The molecule has 9 nitrogen and oxygen atoms in total. The number of rotatable bonds is 40. The van der Waals surface area contributed by atoms with Gasteiger partial charge in [0.1, 0.15) is 30.5 Å². The van der Waals surface area contributed by atoms with E-state index in [4.69, 9.17) is 18.9 Å². The van der Waals surface area contributed by atoms with E-state index in [1.165, 1.54) is 103 Å². The minimum atomic E-state index is -1.54. The first kappa shape index (κ1) is 54.2. The summed E-state index contributed by atoms with van der Waals surface area (Å²) in [6.07, 6.45) is 42.9. The van der Waals surface area contributed by atoms with Crippen LogP contribution in [0, 0.1) is 0 Å². The molecular formula is C49H88O9. The largest absolute Gasteiger partial charge is 0.457 e. The van der Waals surface area contributed by atoms with E-state index >= 15 is 0 Å². The van der Waals surface area contributed by atoms with Crippen LogP contribution in [0.3, 0.4) is 0 Å². The average Bonchev–Trinajstić information content (AvgIpc) is 3.22. The number of allylic oxidation sites excluding steroid dienone is 8. The quantitative estimate of drug-likeness (QED) is 0.0271. The molecule has 0 aromatic carbocycles. The smallest absolute Gasteiger partial charge is 0.306 e. The van der Waals surface area contributed by atoms with Crippen molar-refractivity contribution < 1.29 is 44.2 Å². The van der Waals surface area contributed by atoms with Crippen molar-refractivity contribution in [1.82, 2.24) is 0 Å². The first-order valence-electron chi connectivity index (χ1n) is 23.7. The molecule has 0 aromatic rings. The highest BCUT2D eigenvalue weighted by Crippen LogP contribution is 2.22. The molecular weight excluding hydrogens is 733 g/mol. The Morgan fingerprint density at radius 3 is 1.57 bits per heavy atom. The number of hydrogen-bond donors (Lipinski definition) is 4. The average molecular weight is 821 g/mol. The SMILES string of the molecule is CCCC/C=C\CCCCCCCC(=O)OC(COCCCCCCCCCCC/C=C\C/C=C\C/C=C\CCCCCCC)COC1OC(CO)C(O)C(O)C1O. The van der Waals surface area contributed by atoms with E-state index in [2.05, 4.69) is 62.5 Å². The molecule has 4 N–H and O–H groups in total. The molecule has 338 valence electrons. The molecule has 1 aliphatic rings. The van der Waals surface area contributed by atoms with Gasteiger partial charge in [0.05, 0.1) is 19.8 Å².